The molecule has 2 aliphatic rings. The van der Waals surface area contributed by atoms with Gasteiger partial charge in [-0.15, -0.1) is 0 Å². The Kier molecular flexibility index (Phi) is 1.84. The van der Waals surface area contributed by atoms with Crippen molar-refractivity contribution in [3.63, 3.8) is 0 Å². The maximum absolute atomic E-state index is 13.1. The molecule has 0 saturated carbocycles. The number of halogens is 1. The summed E-state index contributed by atoms with van der Waals surface area (Å²) in [6, 6.07) is 5.66. The number of rotatable bonds is 0. The van der Waals surface area contributed by atoms with Crippen LogP contribution in [0.4, 0.5) is 4.39 Å². The summed E-state index contributed by atoms with van der Waals surface area (Å²) in [6.45, 7) is 1.08. The molecular formula is C12H14FN. The van der Waals surface area contributed by atoms with Crippen molar-refractivity contribution >= 4 is 0 Å². The smallest absolute Gasteiger partial charge is 0.123 e. The molecule has 0 aromatic heterocycles. The second-order valence-electron chi connectivity index (χ2n) is 4.38. The maximum Gasteiger partial charge on any atom is 0.123 e. The van der Waals surface area contributed by atoms with E-state index in [0.29, 0.717) is 12.0 Å². The summed E-state index contributed by atoms with van der Waals surface area (Å²) in [5.74, 6) is 0.609. The lowest BCUT2D eigenvalue weighted by Gasteiger charge is -2.27. The van der Waals surface area contributed by atoms with Crippen molar-refractivity contribution in [2.75, 3.05) is 6.54 Å². The molecule has 1 nitrogen and oxygen atoms in total. The minimum absolute atomic E-state index is 0.100. The van der Waals surface area contributed by atoms with Gasteiger partial charge in [-0.3, -0.25) is 0 Å². The van der Waals surface area contributed by atoms with Gasteiger partial charge in [0, 0.05) is 6.04 Å². The Morgan fingerprint density at radius 2 is 2.29 bits per heavy atom. The molecule has 3 rings (SSSR count). The monoisotopic (exact) mass is 191 g/mol. The van der Waals surface area contributed by atoms with E-state index in [1.807, 2.05) is 6.07 Å². The van der Waals surface area contributed by atoms with E-state index in [1.54, 1.807) is 12.1 Å². The first kappa shape index (κ1) is 8.42. The van der Waals surface area contributed by atoms with Gasteiger partial charge in [-0.1, -0.05) is 6.07 Å². The number of piperidine rings is 1. The Morgan fingerprint density at radius 1 is 1.36 bits per heavy atom. The lowest BCUT2D eigenvalue weighted by Crippen LogP contribution is -2.31. The van der Waals surface area contributed by atoms with E-state index in [4.69, 9.17) is 0 Å². The summed E-state index contributed by atoms with van der Waals surface area (Å²) in [7, 11) is 0. The maximum atomic E-state index is 13.1. The zero-order chi connectivity index (χ0) is 9.54. The van der Waals surface area contributed by atoms with E-state index >= 15 is 0 Å². The van der Waals surface area contributed by atoms with Crippen LogP contribution in [0.25, 0.3) is 0 Å². The fourth-order valence-corrected chi connectivity index (χ4v) is 2.86. The highest BCUT2D eigenvalue weighted by molar-refractivity contribution is 5.36. The van der Waals surface area contributed by atoms with Gasteiger partial charge in [0.25, 0.3) is 0 Å². The predicted molar refractivity (Wildman–Crippen MR) is 53.6 cm³/mol. The Morgan fingerprint density at radius 3 is 3.21 bits per heavy atom. The SMILES string of the molecule is Fc1ccc2c(c1)C1NCCCC1C2. The molecule has 2 heteroatoms. The summed E-state index contributed by atoms with van der Waals surface area (Å²) >= 11 is 0. The molecule has 1 saturated heterocycles. The van der Waals surface area contributed by atoms with Crippen LogP contribution in [0.3, 0.4) is 0 Å². The topological polar surface area (TPSA) is 12.0 Å². The van der Waals surface area contributed by atoms with Crippen molar-refractivity contribution in [1.82, 2.24) is 5.32 Å². The summed E-state index contributed by atoms with van der Waals surface area (Å²) in [5.41, 5.74) is 2.55. The highest BCUT2D eigenvalue weighted by atomic mass is 19.1. The summed E-state index contributed by atoms with van der Waals surface area (Å²) in [4.78, 5) is 0. The summed E-state index contributed by atoms with van der Waals surface area (Å²) in [5, 5.41) is 3.50. The fraction of sp³-hybridized carbons (Fsp3) is 0.500. The van der Waals surface area contributed by atoms with Crippen LogP contribution in [0.2, 0.25) is 0 Å². The number of nitrogens with one attached hydrogen (secondary N) is 1. The van der Waals surface area contributed by atoms with Gasteiger partial charge < -0.3 is 5.32 Å². The first-order valence-corrected chi connectivity index (χ1v) is 5.36. The van der Waals surface area contributed by atoms with Gasteiger partial charge >= 0.3 is 0 Å². The Labute approximate surface area is 83.3 Å². The molecule has 0 radical (unpaired) electrons. The van der Waals surface area contributed by atoms with Gasteiger partial charge in [-0.2, -0.15) is 0 Å². The first-order chi connectivity index (χ1) is 6.84. The number of hydrogen-bond acceptors (Lipinski definition) is 1. The number of hydrogen-bond donors (Lipinski definition) is 1. The first-order valence-electron chi connectivity index (χ1n) is 5.36. The van der Waals surface area contributed by atoms with Gasteiger partial charge in [0.1, 0.15) is 5.82 Å². The molecule has 1 aliphatic carbocycles. The van der Waals surface area contributed by atoms with Crippen molar-refractivity contribution < 1.29 is 4.39 Å². The van der Waals surface area contributed by atoms with Crippen LogP contribution < -0.4 is 5.32 Å². The van der Waals surface area contributed by atoms with E-state index in [2.05, 4.69) is 5.32 Å². The second kappa shape index (κ2) is 3.06. The zero-order valence-electron chi connectivity index (χ0n) is 8.09. The van der Waals surface area contributed by atoms with Crippen molar-refractivity contribution in [3.8, 4) is 0 Å². The molecule has 1 aromatic carbocycles. The Balaban J connectivity index is 2.02. The minimum Gasteiger partial charge on any atom is -0.310 e. The van der Waals surface area contributed by atoms with Crippen LogP contribution in [-0.2, 0) is 6.42 Å². The third-order valence-electron chi connectivity index (χ3n) is 3.51. The number of fused-ring (bicyclic) bond motifs is 3. The molecule has 0 amide bonds. The normalized spacial score (nSPS) is 29.8. The third kappa shape index (κ3) is 1.17. The molecule has 2 unspecified atom stereocenters. The van der Waals surface area contributed by atoms with Gasteiger partial charge in [-0.25, -0.2) is 4.39 Å². The quantitative estimate of drug-likeness (QED) is 0.664. The lowest BCUT2D eigenvalue weighted by atomic mass is 9.92. The molecule has 14 heavy (non-hydrogen) atoms. The van der Waals surface area contributed by atoms with E-state index in [0.717, 1.165) is 13.0 Å². The van der Waals surface area contributed by atoms with Crippen molar-refractivity contribution in [2.45, 2.75) is 25.3 Å². The molecule has 0 bridgehead atoms. The minimum atomic E-state index is -0.100. The largest absolute Gasteiger partial charge is 0.310 e. The molecule has 1 aromatic rings. The van der Waals surface area contributed by atoms with Gasteiger partial charge in [-0.05, 0) is 55.0 Å². The summed E-state index contributed by atoms with van der Waals surface area (Å²) in [6.07, 6.45) is 3.68. The Hall–Kier alpha value is -0.890. The van der Waals surface area contributed by atoms with Crippen LogP contribution in [0, 0.1) is 11.7 Å². The predicted octanol–water partition coefficient (Wildman–Crippen LogP) is 2.42. The van der Waals surface area contributed by atoms with Crippen LogP contribution in [-0.4, -0.2) is 6.54 Å². The highest BCUT2D eigenvalue weighted by Crippen LogP contribution is 2.40. The molecule has 1 heterocycles. The molecule has 74 valence electrons. The van der Waals surface area contributed by atoms with Crippen molar-refractivity contribution in [2.24, 2.45) is 5.92 Å². The van der Waals surface area contributed by atoms with Crippen LogP contribution in [0.15, 0.2) is 18.2 Å². The van der Waals surface area contributed by atoms with E-state index in [1.165, 1.54) is 24.0 Å². The molecule has 1 aliphatic heterocycles. The highest BCUT2D eigenvalue weighted by Gasteiger charge is 2.33. The Bertz CT molecular complexity index is 361. The molecule has 1 fully saturated rings. The van der Waals surface area contributed by atoms with Crippen LogP contribution in [0.5, 0.6) is 0 Å². The van der Waals surface area contributed by atoms with Crippen LogP contribution >= 0.6 is 0 Å². The van der Waals surface area contributed by atoms with Gasteiger partial charge in [0.15, 0.2) is 0 Å². The van der Waals surface area contributed by atoms with E-state index in [-0.39, 0.29) is 5.82 Å². The lowest BCUT2D eigenvalue weighted by molar-refractivity contribution is 0.307. The van der Waals surface area contributed by atoms with E-state index < -0.39 is 0 Å². The van der Waals surface area contributed by atoms with Gasteiger partial charge in [0.05, 0.1) is 0 Å². The third-order valence-corrected chi connectivity index (χ3v) is 3.51. The average Bonchev–Trinajstić information content (AvgIpc) is 2.56. The fourth-order valence-electron chi connectivity index (χ4n) is 2.86. The number of benzene rings is 1. The standard InChI is InChI=1S/C12H14FN/c13-10-4-3-8-6-9-2-1-5-14-12(9)11(8)7-10/h3-4,7,9,12,14H,1-2,5-6H2. The molecule has 0 spiro atoms. The summed E-state index contributed by atoms with van der Waals surface area (Å²) < 4.78 is 13.1. The zero-order valence-corrected chi connectivity index (χ0v) is 8.09. The van der Waals surface area contributed by atoms with E-state index in [9.17, 15) is 4.39 Å². The van der Waals surface area contributed by atoms with Crippen LogP contribution in [0.1, 0.15) is 30.0 Å². The molecule has 1 N–H and O–H groups in total. The molecular weight excluding hydrogens is 177 g/mol. The molecule has 2 atom stereocenters. The second-order valence-corrected chi connectivity index (χ2v) is 4.38. The van der Waals surface area contributed by atoms with Crippen molar-refractivity contribution in [1.29, 1.82) is 0 Å². The average molecular weight is 191 g/mol. The van der Waals surface area contributed by atoms with Crippen molar-refractivity contribution in [3.05, 3.63) is 35.1 Å². The van der Waals surface area contributed by atoms with Gasteiger partial charge in [0.2, 0.25) is 0 Å².